The smallest absolute Gasteiger partial charge is 0.140 e. The van der Waals surface area contributed by atoms with Crippen molar-refractivity contribution in [2.75, 3.05) is 0 Å². The van der Waals surface area contributed by atoms with Gasteiger partial charge in [-0.15, -0.1) is 0 Å². The molecule has 0 bridgehead atoms. The van der Waals surface area contributed by atoms with Crippen LogP contribution in [0.15, 0.2) is 243 Å². The summed E-state index contributed by atoms with van der Waals surface area (Å²) in [6, 6.07) is 81.5. The van der Waals surface area contributed by atoms with E-state index in [4.69, 9.17) is 0 Å². The fourth-order valence-electron chi connectivity index (χ4n) is 8.09. The molecular formula is C56H42O2. The van der Waals surface area contributed by atoms with E-state index < -0.39 is 11.2 Å². The second-order valence-corrected chi connectivity index (χ2v) is 14.8. The monoisotopic (exact) mass is 746 g/mol. The fourth-order valence-corrected chi connectivity index (χ4v) is 8.09. The van der Waals surface area contributed by atoms with Gasteiger partial charge in [0.2, 0.25) is 0 Å². The molecule has 2 nitrogen and oxygen atoms in total. The molecule has 0 saturated carbocycles. The maximum Gasteiger partial charge on any atom is 0.140 e. The molecule has 58 heavy (non-hydrogen) atoms. The van der Waals surface area contributed by atoms with Crippen molar-refractivity contribution in [2.24, 2.45) is 0 Å². The number of aliphatic hydroxyl groups is 2. The lowest BCUT2D eigenvalue weighted by molar-refractivity contribution is 0.122. The standard InChI is InChI=1S/C56H42O2/c57-55(49-29-21-45(22-30-49)41-13-5-1-6-14-41,50-31-23-46(24-32-50)42-15-7-2-8-16-42)53-37-39-54(40-38-53)56(58,51-33-25-47(26-34-51)43-17-9-3-10-18-43)52-35-27-48(28-36-52)44-19-11-4-12-20-44/h1-40,57-58H. The Kier molecular flexibility index (Phi) is 9.95. The third-order valence-electron chi connectivity index (χ3n) is 11.4. The minimum Gasteiger partial charge on any atom is -0.376 e. The maximum absolute atomic E-state index is 13.1. The second kappa shape index (κ2) is 15.8. The average Bonchev–Trinajstić information content (AvgIpc) is 3.32. The van der Waals surface area contributed by atoms with Gasteiger partial charge in [0.1, 0.15) is 11.2 Å². The first-order valence-corrected chi connectivity index (χ1v) is 19.7. The van der Waals surface area contributed by atoms with Crippen molar-refractivity contribution in [2.45, 2.75) is 11.2 Å². The highest BCUT2D eigenvalue weighted by atomic mass is 16.3. The van der Waals surface area contributed by atoms with Crippen molar-refractivity contribution in [3.63, 3.8) is 0 Å². The van der Waals surface area contributed by atoms with E-state index in [0.717, 1.165) is 66.8 Å². The van der Waals surface area contributed by atoms with Crippen molar-refractivity contribution in [3.05, 3.63) is 276 Å². The lowest BCUT2D eigenvalue weighted by Crippen LogP contribution is -2.31. The second-order valence-electron chi connectivity index (χ2n) is 14.8. The topological polar surface area (TPSA) is 40.5 Å². The van der Waals surface area contributed by atoms with E-state index in [1.54, 1.807) is 0 Å². The van der Waals surface area contributed by atoms with Crippen LogP contribution < -0.4 is 0 Å². The minimum absolute atomic E-state index is 0.692. The molecule has 2 N–H and O–H groups in total. The molecule has 0 atom stereocenters. The third-order valence-corrected chi connectivity index (χ3v) is 11.4. The molecule has 278 valence electrons. The van der Waals surface area contributed by atoms with E-state index in [2.05, 4.69) is 97.1 Å². The summed E-state index contributed by atoms with van der Waals surface area (Å²) in [5.74, 6) is 0. The van der Waals surface area contributed by atoms with Crippen molar-refractivity contribution in [1.29, 1.82) is 0 Å². The van der Waals surface area contributed by atoms with Gasteiger partial charge in [0.15, 0.2) is 0 Å². The number of rotatable bonds is 10. The van der Waals surface area contributed by atoms with E-state index in [1.807, 2.05) is 146 Å². The van der Waals surface area contributed by atoms with Crippen LogP contribution in [-0.2, 0) is 11.2 Å². The zero-order valence-electron chi connectivity index (χ0n) is 32.0. The van der Waals surface area contributed by atoms with Gasteiger partial charge in [0.25, 0.3) is 0 Å². The SMILES string of the molecule is OC(c1ccc(-c2ccccc2)cc1)(c1ccc(-c2ccccc2)cc1)c1ccc(C(O)(c2ccc(-c3ccccc3)cc2)c2ccc(-c3ccccc3)cc2)cc1. The summed E-state index contributed by atoms with van der Waals surface area (Å²) < 4.78 is 0. The Morgan fingerprint density at radius 3 is 0.483 bits per heavy atom. The van der Waals surface area contributed by atoms with E-state index in [-0.39, 0.29) is 0 Å². The molecule has 0 aromatic heterocycles. The average molecular weight is 747 g/mol. The molecule has 0 unspecified atom stereocenters. The van der Waals surface area contributed by atoms with Crippen LogP contribution in [0.3, 0.4) is 0 Å². The van der Waals surface area contributed by atoms with E-state index in [1.165, 1.54) is 0 Å². The van der Waals surface area contributed by atoms with E-state index in [9.17, 15) is 10.2 Å². The molecule has 0 radical (unpaired) electrons. The van der Waals surface area contributed by atoms with Gasteiger partial charge >= 0.3 is 0 Å². The Morgan fingerprint density at radius 2 is 0.310 bits per heavy atom. The number of benzene rings is 9. The maximum atomic E-state index is 13.1. The highest BCUT2D eigenvalue weighted by molar-refractivity contribution is 5.68. The predicted octanol–water partition coefficient (Wildman–Crippen LogP) is 12.9. The Hall–Kier alpha value is -7.10. The lowest BCUT2D eigenvalue weighted by Gasteiger charge is -2.33. The zero-order chi connectivity index (χ0) is 39.4. The van der Waals surface area contributed by atoms with Gasteiger partial charge in [0, 0.05) is 0 Å². The van der Waals surface area contributed by atoms with Crippen LogP contribution in [0.1, 0.15) is 33.4 Å². The molecule has 2 heteroatoms. The minimum atomic E-state index is -1.49. The van der Waals surface area contributed by atoms with Gasteiger partial charge in [-0.1, -0.05) is 243 Å². The van der Waals surface area contributed by atoms with Crippen molar-refractivity contribution in [3.8, 4) is 44.5 Å². The summed E-state index contributed by atoms with van der Waals surface area (Å²) in [7, 11) is 0. The Morgan fingerprint density at radius 1 is 0.172 bits per heavy atom. The number of hydrogen-bond donors (Lipinski definition) is 2. The van der Waals surface area contributed by atoms with E-state index >= 15 is 0 Å². The van der Waals surface area contributed by atoms with Crippen LogP contribution >= 0.6 is 0 Å². The van der Waals surface area contributed by atoms with Crippen LogP contribution in [0.5, 0.6) is 0 Å². The summed E-state index contributed by atoms with van der Waals surface area (Å²) in [5, 5.41) is 26.2. The summed E-state index contributed by atoms with van der Waals surface area (Å²) >= 11 is 0. The molecular weight excluding hydrogens is 705 g/mol. The highest BCUT2D eigenvalue weighted by Gasteiger charge is 2.37. The van der Waals surface area contributed by atoms with Crippen LogP contribution in [0.2, 0.25) is 0 Å². The first-order valence-electron chi connectivity index (χ1n) is 19.7. The molecule has 9 aromatic carbocycles. The quantitative estimate of drug-likeness (QED) is 0.137. The van der Waals surface area contributed by atoms with Gasteiger partial charge in [-0.3, -0.25) is 0 Å². The van der Waals surface area contributed by atoms with Gasteiger partial charge in [0.05, 0.1) is 0 Å². The normalized spacial score (nSPS) is 11.6. The van der Waals surface area contributed by atoms with Crippen molar-refractivity contribution >= 4 is 0 Å². The summed E-state index contributed by atoms with van der Waals surface area (Å²) in [5.41, 5.74) is 10.1. The van der Waals surface area contributed by atoms with Crippen LogP contribution in [0.25, 0.3) is 44.5 Å². The highest BCUT2D eigenvalue weighted by Crippen LogP contribution is 2.42. The van der Waals surface area contributed by atoms with Gasteiger partial charge in [-0.2, -0.15) is 0 Å². The molecule has 0 fully saturated rings. The predicted molar refractivity (Wildman–Crippen MR) is 238 cm³/mol. The Bertz CT molecular complexity index is 2350. The first kappa shape index (κ1) is 36.5. The van der Waals surface area contributed by atoms with Gasteiger partial charge < -0.3 is 10.2 Å². The van der Waals surface area contributed by atoms with E-state index in [0.29, 0.717) is 11.1 Å². The largest absolute Gasteiger partial charge is 0.376 e. The number of hydrogen-bond acceptors (Lipinski definition) is 2. The summed E-state index contributed by atoms with van der Waals surface area (Å²) in [6.45, 7) is 0. The van der Waals surface area contributed by atoms with Crippen LogP contribution in [0, 0.1) is 0 Å². The lowest BCUT2D eigenvalue weighted by atomic mass is 9.76. The summed E-state index contributed by atoms with van der Waals surface area (Å²) in [4.78, 5) is 0. The molecule has 9 rings (SSSR count). The molecule has 0 saturated heterocycles. The Labute approximate surface area is 340 Å². The van der Waals surface area contributed by atoms with Crippen molar-refractivity contribution < 1.29 is 10.2 Å². The zero-order valence-corrected chi connectivity index (χ0v) is 32.0. The molecule has 0 heterocycles. The van der Waals surface area contributed by atoms with Gasteiger partial charge in [-0.05, 0) is 77.9 Å². The molecule has 0 aliphatic rings. The molecule has 0 aliphatic carbocycles. The first-order chi connectivity index (χ1) is 28.5. The van der Waals surface area contributed by atoms with Crippen LogP contribution in [0.4, 0.5) is 0 Å². The summed E-state index contributed by atoms with van der Waals surface area (Å²) in [6.07, 6.45) is 0. The molecule has 9 aromatic rings. The van der Waals surface area contributed by atoms with Crippen molar-refractivity contribution in [1.82, 2.24) is 0 Å². The van der Waals surface area contributed by atoms with Gasteiger partial charge in [-0.25, -0.2) is 0 Å². The van der Waals surface area contributed by atoms with Crippen LogP contribution in [-0.4, -0.2) is 10.2 Å². The molecule has 0 amide bonds. The molecule has 0 spiro atoms. The molecule has 0 aliphatic heterocycles. The Balaban J connectivity index is 1.14. The fraction of sp³-hybridized carbons (Fsp3) is 0.0357. The third kappa shape index (κ3) is 6.97.